The molecule has 9 nitrogen and oxygen atoms in total. The number of esters is 1. The second-order valence-electron chi connectivity index (χ2n) is 6.80. The lowest BCUT2D eigenvalue weighted by Crippen LogP contribution is -2.30. The summed E-state index contributed by atoms with van der Waals surface area (Å²) in [7, 11) is -3.98. The maximum atomic E-state index is 12.9. The summed E-state index contributed by atoms with van der Waals surface area (Å²) < 4.78 is 31.5. The van der Waals surface area contributed by atoms with Crippen LogP contribution in [-0.4, -0.2) is 36.7 Å². The van der Waals surface area contributed by atoms with E-state index in [0.29, 0.717) is 0 Å². The molecular weight excluding hydrogens is 434 g/mol. The molecule has 1 N–H and O–H groups in total. The molecule has 1 aromatic heterocycles. The van der Waals surface area contributed by atoms with Gasteiger partial charge in [0.2, 0.25) is 15.7 Å². The Bertz CT molecular complexity index is 1330. The Kier molecular flexibility index (Phi) is 6.84. The van der Waals surface area contributed by atoms with Crippen molar-refractivity contribution in [1.82, 2.24) is 9.78 Å². The average molecular weight is 455 g/mol. The number of carbonyl (C=O) groups is 2. The van der Waals surface area contributed by atoms with Gasteiger partial charge in [-0.1, -0.05) is 24.3 Å². The highest BCUT2D eigenvalue weighted by Gasteiger charge is 2.21. The zero-order valence-electron chi connectivity index (χ0n) is 17.4. The molecule has 10 heteroatoms. The summed E-state index contributed by atoms with van der Waals surface area (Å²) in [6.45, 7) is 3.04. The van der Waals surface area contributed by atoms with Gasteiger partial charge in [0.1, 0.15) is 6.54 Å². The molecule has 0 aliphatic heterocycles. The van der Waals surface area contributed by atoms with E-state index in [0.717, 1.165) is 22.4 Å². The van der Waals surface area contributed by atoms with Crippen molar-refractivity contribution in [3.63, 3.8) is 0 Å². The van der Waals surface area contributed by atoms with Crippen LogP contribution >= 0.6 is 0 Å². The van der Waals surface area contributed by atoms with Crippen LogP contribution in [0.2, 0.25) is 0 Å². The molecule has 0 radical (unpaired) electrons. The Morgan fingerprint density at radius 1 is 1.06 bits per heavy atom. The lowest BCUT2D eigenvalue weighted by atomic mass is 10.2. The number of nitrogens with zero attached hydrogens (tertiary/aromatic N) is 2. The van der Waals surface area contributed by atoms with Gasteiger partial charge in [-0.3, -0.25) is 9.59 Å². The second kappa shape index (κ2) is 9.56. The summed E-state index contributed by atoms with van der Waals surface area (Å²) in [6.07, 6.45) is 0. The van der Waals surface area contributed by atoms with Gasteiger partial charge in [0, 0.05) is 6.07 Å². The average Bonchev–Trinajstić information content (AvgIpc) is 2.75. The number of nitrogens with one attached hydrogen (secondary N) is 1. The number of amides is 1. The van der Waals surface area contributed by atoms with Crippen molar-refractivity contribution in [2.45, 2.75) is 30.3 Å². The minimum atomic E-state index is -3.98. The minimum Gasteiger partial charge on any atom is -0.462 e. The Balaban J connectivity index is 1.86. The first-order chi connectivity index (χ1) is 15.2. The van der Waals surface area contributed by atoms with Gasteiger partial charge in [-0.2, -0.15) is 5.10 Å². The third-order valence-corrected chi connectivity index (χ3v) is 6.05. The van der Waals surface area contributed by atoms with E-state index in [1.165, 1.54) is 24.3 Å². The van der Waals surface area contributed by atoms with Crippen LogP contribution in [0.3, 0.4) is 0 Å². The van der Waals surface area contributed by atoms with Crippen LogP contribution < -0.4 is 10.9 Å². The van der Waals surface area contributed by atoms with Gasteiger partial charge in [0.05, 0.1) is 22.8 Å². The number of para-hydroxylation sites is 1. The number of hydrogen-bond acceptors (Lipinski definition) is 7. The third kappa shape index (κ3) is 5.09. The first-order valence-electron chi connectivity index (χ1n) is 9.68. The van der Waals surface area contributed by atoms with Gasteiger partial charge in [-0.25, -0.2) is 17.9 Å². The molecule has 1 heterocycles. The number of hydrogen-bond donors (Lipinski definition) is 1. The topological polar surface area (TPSA) is 124 Å². The first kappa shape index (κ1) is 22.9. The SMILES string of the molecule is CCOC(=O)c1ccccc1NC(=O)Cn1nc(S(=O)(=O)c2cccc(C)c2)ccc1=O. The Morgan fingerprint density at radius 3 is 2.53 bits per heavy atom. The van der Waals surface area contributed by atoms with Crippen LogP contribution in [0.25, 0.3) is 0 Å². The van der Waals surface area contributed by atoms with Crippen molar-refractivity contribution < 1.29 is 22.7 Å². The molecule has 0 saturated heterocycles. The van der Waals surface area contributed by atoms with Gasteiger partial charge < -0.3 is 10.1 Å². The van der Waals surface area contributed by atoms with Crippen LogP contribution in [0, 0.1) is 6.92 Å². The van der Waals surface area contributed by atoms with E-state index in [4.69, 9.17) is 4.74 Å². The molecule has 0 aliphatic carbocycles. The molecule has 1 amide bonds. The van der Waals surface area contributed by atoms with E-state index in [9.17, 15) is 22.8 Å². The number of aromatic nitrogens is 2. The Labute approximate surface area is 184 Å². The highest BCUT2D eigenvalue weighted by molar-refractivity contribution is 7.91. The third-order valence-electron chi connectivity index (χ3n) is 4.41. The number of carbonyl (C=O) groups excluding carboxylic acids is 2. The molecule has 0 bridgehead atoms. The molecule has 0 aliphatic rings. The monoisotopic (exact) mass is 455 g/mol. The summed E-state index contributed by atoms with van der Waals surface area (Å²) in [5.41, 5.74) is 0.451. The summed E-state index contributed by atoms with van der Waals surface area (Å²) in [6, 6.07) is 14.7. The van der Waals surface area contributed by atoms with E-state index in [1.54, 1.807) is 38.1 Å². The van der Waals surface area contributed by atoms with Crippen molar-refractivity contribution in [3.05, 3.63) is 82.1 Å². The van der Waals surface area contributed by atoms with E-state index in [1.807, 2.05) is 0 Å². The van der Waals surface area contributed by atoms with Gasteiger partial charge in [0.15, 0.2) is 5.03 Å². The molecular formula is C22H21N3O6S. The highest BCUT2D eigenvalue weighted by Crippen LogP contribution is 2.19. The van der Waals surface area contributed by atoms with Crippen LogP contribution in [0.1, 0.15) is 22.8 Å². The number of ether oxygens (including phenoxy) is 1. The molecule has 0 saturated carbocycles. The fraction of sp³-hybridized carbons (Fsp3) is 0.182. The summed E-state index contributed by atoms with van der Waals surface area (Å²) in [5, 5.41) is 6.06. The van der Waals surface area contributed by atoms with E-state index < -0.39 is 33.8 Å². The fourth-order valence-corrected chi connectivity index (χ4v) is 4.19. The summed E-state index contributed by atoms with van der Waals surface area (Å²) in [4.78, 5) is 36.8. The van der Waals surface area contributed by atoms with Crippen LogP contribution in [-0.2, 0) is 25.9 Å². The number of benzene rings is 2. The Morgan fingerprint density at radius 2 is 1.81 bits per heavy atom. The van der Waals surface area contributed by atoms with Gasteiger partial charge in [-0.15, -0.1) is 0 Å². The largest absolute Gasteiger partial charge is 0.462 e. The number of aryl methyl sites for hydroxylation is 1. The van der Waals surface area contributed by atoms with Crippen LogP contribution in [0.15, 0.2) is 75.4 Å². The molecule has 0 atom stereocenters. The highest BCUT2D eigenvalue weighted by atomic mass is 32.2. The first-order valence-corrected chi connectivity index (χ1v) is 11.2. The fourth-order valence-electron chi connectivity index (χ4n) is 2.89. The molecule has 0 unspecified atom stereocenters. The maximum Gasteiger partial charge on any atom is 0.340 e. The van der Waals surface area contributed by atoms with Crippen molar-refractivity contribution >= 4 is 27.4 Å². The van der Waals surface area contributed by atoms with Crippen molar-refractivity contribution in [2.24, 2.45) is 0 Å². The van der Waals surface area contributed by atoms with E-state index in [-0.39, 0.29) is 27.8 Å². The van der Waals surface area contributed by atoms with E-state index in [2.05, 4.69) is 10.4 Å². The summed E-state index contributed by atoms with van der Waals surface area (Å²) in [5.74, 6) is -1.27. The maximum absolute atomic E-state index is 12.9. The van der Waals surface area contributed by atoms with Crippen molar-refractivity contribution in [2.75, 3.05) is 11.9 Å². The van der Waals surface area contributed by atoms with Crippen LogP contribution in [0.5, 0.6) is 0 Å². The second-order valence-corrected chi connectivity index (χ2v) is 8.70. The summed E-state index contributed by atoms with van der Waals surface area (Å²) >= 11 is 0. The molecule has 2 aromatic carbocycles. The predicted molar refractivity (Wildman–Crippen MR) is 116 cm³/mol. The van der Waals surface area contributed by atoms with E-state index >= 15 is 0 Å². The lowest BCUT2D eigenvalue weighted by Gasteiger charge is -2.11. The molecule has 0 spiro atoms. The molecule has 3 rings (SSSR count). The normalized spacial score (nSPS) is 11.1. The van der Waals surface area contributed by atoms with Gasteiger partial charge in [-0.05, 0) is 49.7 Å². The molecule has 3 aromatic rings. The smallest absolute Gasteiger partial charge is 0.340 e. The molecule has 166 valence electrons. The number of anilines is 1. The number of rotatable bonds is 7. The van der Waals surface area contributed by atoms with Crippen molar-refractivity contribution in [1.29, 1.82) is 0 Å². The van der Waals surface area contributed by atoms with Crippen molar-refractivity contribution in [3.8, 4) is 0 Å². The molecule has 0 fully saturated rings. The van der Waals surface area contributed by atoms with Gasteiger partial charge in [0.25, 0.3) is 5.56 Å². The lowest BCUT2D eigenvalue weighted by molar-refractivity contribution is -0.117. The zero-order valence-corrected chi connectivity index (χ0v) is 18.3. The predicted octanol–water partition coefficient (Wildman–Crippen LogP) is 2.20. The standard InChI is InChI=1S/C22H21N3O6S/c1-3-31-22(28)17-9-4-5-10-18(17)23-19(26)14-25-21(27)12-11-20(24-25)32(29,30)16-8-6-7-15(2)13-16/h4-13H,3,14H2,1-2H3,(H,23,26). The van der Waals surface area contributed by atoms with Gasteiger partial charge >= 0.3 is 5.97 Å². The Hall–Kier alpha value is -3.79. The molecule has 32 heavy (non-hydrogen) atoms. The quantitative estimate of drug-likeness (QED) is 0.542. The van der Waals surface area contributed by atoms with Crippen LogP contribution in [0.4, 0.5) is 5.69 Å². The number of sulfone groups is 1. The zero-order chi connectivity index (χ0) is 23.3. The minimum absolute atomic E-state index is 0.0306.